The van der Waals surface area contributed by atoms with Gasteiger partial charge < -0.3 is 16.4 Å². The van der Waals surface area contributed by atoms with Crippen molar-refractivity contribution < 1.29 is 9.59 Å². The summed E-state index contributed by atoms with van der Waals surface area (Å²) in [4.78, 5) is 22.9. The summed E-state index contributed by atoms with van der Waals surface area (Å²) < 4.78 is 0. The summed E-state index contributed by atoms with van der Waals surface area (Å²) in [5.41, 5.74) is 7.92. The Morgan fingerprint density at radius 1 is 1.24 bits per heavy atom. The number of amides is 2. The largest absolute Gasteiger partial charge is 0.330 e. The Kier molecular flexibility index (Phi) is 6.88. The van der Waals surface area contributed by atoms with Crippen molar-refractivity contribution >= 4 is 23.2 Å². The fourth-order valence-corrected chi connectivity index (χ4v) is 2.10. The molecule has 0 aliphatic rings. The fraction of sp³-hybridized carbons (Fsp3) is 0.500. The molecule has 0 aliphatic carbocycles. The summed E-state index contributed by atoms with van der Waals surface area (Å²) in [6, 6.07) is 5.44. The Bertz CT molecular complexity index is 500. The van der Waals surface area contributed by atoms with E-state index < -0.39 is 0 Å². The van der Waals surface area contributed by atoms with Gasteiger partial charge in [-0.15, -0.1) is 0 Å². The number of hydrogen-bond acceptors (Lipinski definition) is 3. The Balaban J connectivity index is 2.53. The first-order valence-corrected chi connectivity index (χ1v) is 7.30. The molecule has 0 fully saturated rings. The highest BCUT2D eigenvalue weighted by Gasteiger charge is 2.08. The molecule has 0 saturated carbocycles. The van der Waals surface area contributed by atoms with Crippen molar-refractivity contribution in [2.75, 3.05) is 17.2 Å². The summed E-state index contributed by atoms with van der Waals surface area (Å²) in [5, 5.41) is 5.62. The monoisotopic (exact) mass is 291 g/mol. The second-order valence-electron chi connectivity index (χ2n) is 5.48. The van der Waals surface area contributed by atoms with Gasteiger partial charge in [0.1, 0.15) is 0 Å². The number of aryl methyl sites for hydroxylation is 1. The van der Waals surface area contributed by atoms with Crippen molar-refractivity contribution in [3.63, 3.8) is 0 Å². The summed E-state index contributed by atoms with van der Waals surface area (Å²) in [5.74, 6) is 0.360. The van der Waals surface area contributed by atoms with Gasteiger partial charge in [-0.3, -0.25) is 9.59 Å². The first kappa shape index (κ1) is 17.2. The van der Waals surface area contributed by atoms with Gasteiger partial charge in [0.25, 0.3) is 0 Å². The lowest BCUT2D eigenvalue weighted by atomic mass is 10.0. The van der Waals surface area contributed by atoms with E-state index in [1.807, 2.05) is 13.0 Å². The van der Waals surface area contributed by atoms with E-state index in [0.29, 0.717) is 18.9 Å². The second-order valence-corrected chi connectivity index (χ2v) is 5.48. The molecular weight excluding hydrogens is 266 g/mol. The summed E-state index contributed by atoms with van der Waals surface area (Å²) in [6.07, 6.45) is 2.28. The molecule has 1 atom stereocenters. The van der Waals surface area contributed by atoms with Gasteiger partial charge in [0.15, 0.2) is 0 Å². The van der Waals surface area contributed by atoms with E-state index in [-0.39, 0.29) is 11.8 Å². The first-order chi connectivity index (χ1) is 9.92. The lowest BCUT2D eigenvalue weighted by Crippen LogP contribution is -2.14. The van der Waals surface area contributed by atoms with Crippen molar-refractivity contribution in [2.45, 2.75) is 40.0 Å². The van der Waals surface area contributed by atoms with E-state index in [1.54, 1.807) is 12.1 Å². The average molecular weight is 291 g/mol. The van der Waals surface area contributed by atoms with Gasteiger partial charge in [-0.1, -0.05) is 6.92 Å². The molecule has 0 spiro atoms. The predicted molar refractivity (Wildman–Crippen MR) is 86.2 cm³/mol. The number of anilines is 2. The second kappa shape index (κ2) is 8.42. The molecule has 21 heavy (non-hydrogen) atoms. The third kappa shape index (κ3) is 6.40. The number of hydrogen-bond donors (Lipinski definition) is 3. The molecular formula is C16H25N3O2. The third-order valence-electron chi connectivity index (χ3n) is 3.34. The van der Waals surface area contributed by atoms with Crippen LogP contribution in [0.15, 0.2) is 18.2 Å². The number of benzene rings is 1. The highest BCUT2D eigenvalue weighted by molar-refractivity contribution is 5.92. The maximum Gasteiger partial charge on any atom is 0.224 e. The molecule has 4 N–H and O–H groups in total. The van der Waals surface area contributed by atoms with Gasteiger partial charge >= 0.3 is 0 Å². The van der Waals surface area contributed by atoms with Gasteiger partial charge in [-0.05, 0) is 56.0 Å². The van der Waals surface area contributed by atoms with Crippen LogP contribution in [0, 0.1) is 12.8 Å². The van der Waals surface area contributed by atoms with Crippen LogP contribution in [0.25, 0.3) is 0 Å². The standard InChI is InChI=1S/C16H25N3O2/c1-11(8-9-17)4-7-16(21)19-14-5-6-15(12(2)10-14)18-13(3)20/h5-6,10-11H,4,7-9,17H2,1-3H3,(H,18,20)(H,19,21). The zero-order chi connectivity index (χ0) is 15.8. The molecule has 0 heterocycles. The molecule has 5 nitrogen and oxygen atoms in total. The maximum atomic E-state index is 11.9. The first-order valence-electron chi connectivity index (χ1n) is 7.30. The van der Waals surface area contributed by atoms with Crippen LogP contribution in [-0.2, 0) is 9.59 Å². The molecule has 0 saturated heterocycles. The molecule has 1 rings (SSSR count). The topological polar surface area (TPSA) is 84.2 Å². The quantitative estimate of drug-likeness (QED) is 0.722. The SMILES string of the molecule is CC(=O)Nc1ccc(NC(=O)CCC(C)CCN)cc1C. The van der Waals surface area contributed by atoms with Crippen LogP contribution in [0.3, 0.4) is 0 Å². The molecule has 2 amide bonds. The lowest BCUT2D eigenvalue weighted by molar-refractivity contribution is -0.116. The molecule has 0 aliphatic heterocycles. The minimum atomic E-state index is -0.108. The Labute approximate surface area is 126 Å². The smallest absolute Gasteiger partial charge is 0.224 e. The van der Waals surface area contributed by atoms with E-state index in [9.17, 15) is 9.59 Å². The van der Waals surface area contributed by atoms with Gasteiger partial charge in [0, 0.05) is 24.7 Å². The van der Waals surface area contributed by atoms with Gasteiger partial charge in [0.2, 0.25) is 11.8 Å². The van der Waals surface area contributed by atoms with Crippen molar-refractivity contribution in [1.29, 1.82) is 0 Å². The summed E-state index contributed by atoms with van der Waals surface area (Å²) >= 11 is 0. The predicted octanol–water partition coefficient (Wildman–Crippen LogP) is 2.66. The molecule has 0 bridgehead atoms. The van der Waals surface area contributed by atoms with Crippen LogP contribution in [0.2, 0.25) is 0 Å². The van der Waals surface area contributed by atoms with Crippen LogP contribution < -0.4 is 16.4 Å². The van der Waals surface area contributed by atoms with Gasteiger partial charge in [-0.25, -0.2) is 0 Å². The molecule has 0 radical (unpaired) electrons. The highest BCUT2D eigenvalue weighted by atomic mass is 16.2. The Morgan fingerprint density at radius 2 is 1.95 bits per heavy atom. The van der Waals surface area contributed by atoms with Crippen LogP contribution in [0.5, 0.6) is 0 Å². The Hall–Kier alpha value is -1.88. The zero-order valence-electron chi connectivity index (χ0n) is 13.0. The summed E-state index contributed by atoms with van der Waals surface area (Å²) in [6.45, 7) is 6.13. The van der Waals surface area contributed by atoms with Gasteiger partial charge in [0.05, 0.1) is 0 Å². The van der Waals surface area contributed by atoms with E-state index in [2.05, 4.69) is 17.6 Å². The number of rotatable bonds is 7. The normalized spacial score (nSPS) is 11.8. The lowest BCUT2D eigenvalue weighted by Gasteiger charge is -2.12. The fourth-order valence-electron chi connectivity index (χ4n) is 2.10. The molecule has 1 aromatic rings. The number of nitrogens with two attached hydrogens (primary N) is 1. The average Bonchev–Trinajstić information content (AvgIpc) is 2.39. The van der Waals surface area contributed by atoms with Crippen molar-refractivity contribution in [3.8, 4) is 0 Å². The van der Waals surface area contributed by atoms with Crippen LogP contribution >= 0.6 is 0 Å². The van der Waals surface area contributed by atoms with E-state index in [1.165, 1.54) is 6.92 Å². The molecule has 5 heteroatoms. The van der Waals surface area contributed by atoms with E-state index in [0.717, 1.165) is 29.8 Å². The van der Waals surface area contributed by atoms with Crippen molar-refractivity contribution in [3.05, 3.63) is 23.8 Å². The maximum absolute atomic E-state index is 11.9. The minimum absolute atomic E-state index is 0.00514. The highest BCUT2D eigenvalue weighted by Crippen LogP contribution is 2.20. The molecule has 116 valence electrons. The zero-order valence-corrected chi connectivity index (χ0v) is 13.0. The van der Waals surface area contributed by atoms with Gasteiger partial charge in [-0.2, -0.15) is 0 Å². The molecule has 1 aromatic carbocycles. The number of carbonyl (C=O) groups excluding carboxylic acids is 2. The van der Waals surface area contributed by atoms with Crippen LogP contribution in [-0.4, -0.2) is 18.4 Å². The van der Waals surface area contributed by atoms with Crippen molar-refractivity contribution in [2.24, 2.45) is 11.7 Å². The third-order valence-corrected chi connectivity index (χ3v) is 3.34. The number of nitrogens with one attached hydrogen (secondary N) is 2. The van der Waals surface area contributed by atoms with E-state index >= 15 is 0 Å². The number of carbonyl (C=O) groups is 2. The van der Waals surface area contributed by atoms with Crippen LogP contribution in [0.1, 0.15) is 38.7 Å². The van der Waals surface area contributed by atoms with E-state index in [4.69, 9.17) is 5.73 Å². The van der Waals surface area contributed by atoms with Crippen molar-refractivity contribution in [1.82, 2.24) is 0 Å². The summed E-state index contributed by atoms with van der Waals surface area (Å²) in [7, 11) is 0. The minimum Gasteiger partial charge on any atom is -0.330 e. The Morgan fingerprint density at radius 3 is 2.52 bits per heavy atom. The van der Waals surface area contributed by atoms with Crippen LogP contribution in [0.4, 0.5) is 11.4 Å². The molecule has 0 aromatic heterocycles. The molecule has 1 unspecified atom stereocenters.